The third-order valence-corrected chi connectivity index (χ3v) is 2.40. The van der Waals surface area contributed by atoms with Crippen LogP contribution in [0.15, 0.2) is 24.5 Å². The van der Waals surface area contributed by atoms with E-state index in [1.165, 1.54) is 4.57 Å². The quantitative estimate of drug-likeness (QED) is 0.765. The van der Waals surface area contributed by atoms with E-state index in [2.05, 4.69) is 5.32 Å². The number of nitrogens with zero attached hydrogens (tertiary/aromatic N) is 1. The van der Waals surface area contributed by atoms with Crippen LogP contribution in [0, 0.1) is 5.92 Å². The van der Waals surface area contributed by atoms with E-state index in [0.717, 1.165) is 19.6 Å². The van der Waals surface area contributed by atoms with Crippen LogP contribution in [0.2, 0.25) is 0 Å². The molecule has 4 nitrogen and oxygen atoms in total. The first-order valence-corrected chi connectivity index (χ1v) is 4.85. The van der Waals surface area contributed by atoms with Crippen molar-refractivity contribution < 1.29 is 9.53 Å². The number of ether oxygens (including phenoxy) is 1. The van der Waals surface area contributed by atoms with E-state index in [4.69, 9.17) is 4.74 Å². The lowest BCUT2D eigenvalue weighted by Gasteiger charge is -2.09. The highest BCUT2D eigenvalue weighted by atomic mass is 16.5. The summed E-state index contributed by atoms with van der Waals surface area (Å²) < 4.78 is 6.76. The number of hydrogen-bond acceptors (Lipinski definition) is 2. The van der Waals surface area contributed by atoms with Crippen molar-refractivity contribution in [3.63, 3.8) is 0 Å². The lowest BCUT2D eigenvalue weighted by molar-refractivity contribution is 0.185. The summed E-state index contributed by atoms with van der Waals surface area (Å²) in [5.41, 5.74) is 0. The highest BCUT2D eigenvalue weighted by molar-refractivity contribution is 5.76. The van der Waals surface area contributed by atoms with Gasteiger partial charge in [0, 0.05) is 31.5 Å². The lowest BCUT2D eigenvalue weighted by Crippen LogP contribution is -2.32. The maximum Gasteiger partial charge on any atom is 0.325 e. The Bertz CT molecular complexity index is 289. The lowest BCUT2D eigenvalue weighted by atomic mass is 10.1. The molecule has 0 saturated carbocycles. The van der Waals surface area contributed by atoms with Crippen molar-refractivity contribution >= 4 is 6.03 Å². The molecular weight excluding hydrogens is 180 g/mol. The maximum absolute atomic E-state index is 11.5. The van der Waals surface area contributed by atoms with Crippen LogP contribution in [-0.4, -0.2) is 30.4 Å². The average Bonchev–Trinajstić information content (AvgIpc) is 2.87. The Morgan fingerprint density at radius 3 is 2.93 bits per heavy atom. The van der Waals surface area contributed by atoms with Crippen molar-refractivity contribution in [2.75, 3.05) is 19.8 Å². The fourth-order valence-electron chi connectivity index (χ4n) is 1.54. The van der Waals surface area contributed by atoms with Crippen LogP contribution in [0.25, 0.3) is 0 Å². The number of nitrogens with one attached hydrogen (secondary N) is 1. The number of aromatic nitrogens is 1. The van der Waals surface area contributed by atoms with Crippen molar-refractivity contribution in [1.82, 2.24) is 9.88 Å². The number of hydrogen-bond donors (Lipinski definition) is 1. The second-order valence-corrected chi connectivity index (χ2v) is 3.51. The monoisotopic (exact) mass is 194 g/mol. The van der Waals surface area contributed by atoms with Gasteiger partial charge in [-0.2, -0.15) is 0 Å². The molecule has 1 aliphatic rings. The van der Waals surface area contributed by atoms with Crippen LogP contribution in [0.4, 0.5) is 4.79 Å². The summed E-state index contributed by atoms with van der Waals surface area (Å²) in [7, 11) is 0. The molecule has 0 spiro atoms. The zero-order valence-corrected chi connectivity index (χ0v) is 7.98. The SMILES string of the molecule is O=C(NC[C@@H]1CCOC1)n1cccc1. The van der Waals surface area contributed by atoms with Crippen molar-refractivity contribution in [3.8, 4) is 0 Å². The van der Waals surface area contributed by atoms with Gasteiger partial charge in [-0.15, -0.1) is 0 Å². The molecule has 1 fully saturated rings. The molecule has 2 heterocycles. The van der Waals surface area contributed by atoms with E-state index in [1.54, 1.807) is 12.4 Å². The summed E-state index contributed by atoms with van der Waals surface area (Å²) in [4.78, 5) is 11.5. The van der Waals surface area contributed by atoms with Crippen molar-refractivity contribution in [2.45, 2.75) is 6.42 Å². The highest BCUT2D eigenvalue weighted by Crippen LogP contribution is 2.10. The van der Waals surface area contributed by atoms with Crippen LogP contribution in [0.5, 0.6) is 0 Å². The Labute approximate surface area is 82.9 Å². The standard InChI is InChI=1S/C10H14N2O2/c13-10(12-4-1-2-5-12)11-7-9-3-6-14-8-9/h1-2,4-5,9H,3,6-8H2,(H,11,13)/t9-/m0/s1. The molecule has 1 aromatic heterocycles. The fraction of sp³-hybridized carbons (Fsp3) is 0.500. The molecule has 14 heavy (non-hydrogen) atoms. The Morgan fingerprint density at radius 1 is 1.50 bits per heavy atom. The number of carbonyl (C=O) groups excluding carboxylic acids is 1. The summed E-state index contributed by atoms with van der Waals surface area (Å²) in [6.07, 6.45) is 4.52. The predicted octanol–water partition coefficient (Wildman–Crippen LogP) is 1.08. The van der Waals surface area contributed by atoms with Gasteiger partial charge in [0.15, 0.2) is 0 Å². The van der Waals surface area contributed by atoms with Gasteiger partial charge in [-0.1, -0.05) is 0 Å². The van der Waals surface area contributed by atoms with E-state index in [9.17, 15) is 4.79 Å². The van der Waals surface area contributed by atoms with E-state index < -0.39 is 0 Å². The normalized spacial score (nSPS) is 21.0. The van der Waals surface area contributed by atoms with Crippen molar-refractivity contribution in [3.05, 3.63) is 24.5 Å². The smallest absolute Gasteiger partial charge is 0.325 e. The van der Waals surface area contributed by atoms with E-state index in [1.807, 2.05) is 12.1 Å². The van der Waals surface area contributed by atoms with Crippen LogP contribution < -0.4 is 5.32 Å². The molecule has 0 unspecified atom stereocenters. The third kappa shape index (κ3) is 2.14. The molecule has 76 valence electrons. The molecule has 0 bridgehead atoms. The minimum Gasteiger partial charge on any atom is -0.381 e. The van der Waals surface area contributed by atoms with Crippen LogP contribution in [0.1, 0.15) is 6.42 Å². The first kappa shape index (κ1) is 9.27. The van der Waals surface area contributed by atoms with E-state index in [0.29, 0.717) is 12.5 Å². The zero-order valence-electron chi connectivity index (χ0n) is 7.98. The van der Waals surface area contributed by atoms with Crippen LogP contribution in [-0.2, 0) is 4.74 Å². The molecule has 1 aliphatic heterocycles. The maximum atomic E-state index is 11.5. The fourth-order valence-corrected chi connectivity index (χ4v) is 1.54. The summed E-state index contributed by atoms with van der Waals surface area (Å²) in [6, 6.07) is 3.60. The zero-order chi connectivity index (χ0) is 9.80. The number of carbonyl (C=O) groups is 1. The van der Waals surface area contributed by atoms with Gasteiger partial charge in [0.05, 0.1) is 6.61 Å². The van der Waals surface area contributed by atoms with Gasteiger partial charge in [-0.05, 0) is 18.6 Å². The highest BCUT2D eigenvalue weighted by Gasteiger charge is 2.16. The van der Waals surface area contributed by atoms with Crippen LogP contribution in [0.3, 0.4) is 0 Å². The number of rotatable bonds is 2. The Balaban J connectivity index is 1.78. The Kier molecular flexibility index (Phi) is 2.84. The van der Waals surface area contributed by atoms with Gasteiger partial charge in [-0.3, -0.25) is 4.57 Å². The van der Waals surface area contributed by atoms with Gasteiger partial charge in [0.1, 0.15) is 0 Å². The van der Waals surface area contributed by atoms with Gasteiger partial charge >= 0.3 is 6.03 Å². The van der Waals surface area contributed by atoms with E-state index in [-0.39, 0.29) is 6.03 Å². The van der Waals surface area contributed by atoms with E-state index >= 15 is 0 Å². The van der Waals surface area contributed by atoms with Gasteiger partial charge in [0.25, 0.3) is 0 Å². The first-order valence-electron chi connectivity index (χ1n) is 4.85. The molecule has 0 aromatic carbocycles. The molecule has 1 amide bonds. The average molecular weight is 194 g/mol. The predicted molar refractivity (Wildman–Crippen MR) is 52.2 cm³/mol. The molecule has 1 aromatic rings. The van der Waals surface area contributed by atoms with Gasteiger partial charge in [-0.25, -0.2) is 4.79 Å². The van der Waals surface area contributed by atoms with Gasteiger partial charge in [0.2, 0.25) is 0 Å². The minimum absolute atomic E-state index is 0.0677. The Hall–Kier alpha value is -1.29. The topological polar surface area (TPSA) is 43.3 Å². The Morgan fingerprint density at radius 2 is 2.29 bits per heavy atom. The first-order chi connectivity index (χ1) is 6.86. The minimum atomic E-state index is -0.0677. The molecule has 2 rings (SSSR count). The second kappa shape index (κ2) is 4.28. The second-order valence-electron chi connectivity index (χ2n) is 3.51. The molecule has 1 atom stereocenters. The van der Waals surface area contributed by atoms with Crippen molar-refractivity contribution in [1.29, 1.82) is 0 Å². The molecule has 4 heteroatoms. The third-order valence-electron chi connectivity index (χ3n) is 2.40. The number of amides is 1. The summed E-state index contributed by atoms with van der Waals surface area (Å²) in [6.45, 7) is 2.30. The molecule has 1 saturated heterocycles. The molecule has 0 radical (unpaired) electrons. The largest absolute Gasteiger partial charge is 0.381 e. The van der Waals surface area contributed by atoms with Crippen LogP contribution >= 0.6 is 0 Å². The summed E-state index contributed by atoms with van der Waals surface area (Å²) in [5.74, 6) is 0.481. The van der Waals surface area contributed by atoms with Gasteiger partial charge < -0.3 is 10.1 Å². The molecule has 0 aliphatic carbocycles. The molecular formula is C10H14N2O2. The summed E-state index contributed by atoms with van der Waals surface area (Å²) in [5, 5.41) is 2.87. The summed E-state index contributed by atoms with van der Waals surface area (Å²) >= 11 is 0. The molecule has 1 N–H and O–H groups in total. The van der Waals surface area contributed by atoms with Crippen molar-refractivity contribution in [2.24, 2.45) is 5.92 Å².